The number of benzene rings is 2. The molecule has 0 bridgehead atoms. The van der Waals surface area contributed by atoms with Gasteiger partial charge in [-0.3, -0.25) is 0 Å². The molecule has 0 heterocycles. The van der Waals surface area contributed by atoms with E-state index in [9.17, 15) is 12.8 Å². The zero-order valence-corrected chi connectivity index (χ0v) is 15.0. The van der Waals surface area contributed by atoms with Crippen molar-refractivity contribution in [3.63, 3.8) is 0 Å². The van der Waals surface area contributed by atoms with Gasteiger partial charge in [0, 0.05) is 17.6 Å². The fraction of sp³-hybridized carbons (Fsp3) is 0.118. The van der Waals surface area contributed by atoms with Crippen LogP contribution in [0.25, 0.3) is 0 Å². The minimum atomic E-state index is -4.06. The van der Waals surface area contributed by atoms with Gasteiger partial charge in [-0.25, -0.2) is 12.8 Å². The highest BCUT2D eigenvalue weighted by Gasteiger charge is 2.27. The fourth-order valence-electron chi connectivity index (χ4n) is 2.15. The minimum absolute atomic E-state index is 0.00975. The Balaban J connectivity index is 2.43. The first-order chi connectivity index (χ1) is 11.4. The van der Waals surface area contributed by atoms with Crippen LogP contribution >= 0.6 is 15.9 Å². The molecule has 0 aliphatic heterocycles. The van der Waals surface area contributed by atoms with Crippen molar-refractivity contribution < 1.29 is 12.8 Å². The van der Waals surface area contributed by atoms with Gasteiger partial charge in [0.25, 0.3) is 0 Å². The fourth-order valence-corrected chi connectivity index (χ4v) is 4.15. The van der Waals surface area contributed by atoms with E-state index in [2.05, 4.69) is 22.5 Å². The van der Waals surface area contributed by atoms with E-state index in [4.69, 9.17) is 5.26 Å². The van der Waals surface area contributed by atoms with Crippen LogP contribution in [0.1, 0.15) is 11.1 Å². The predicted molar refractivity (Wildman–Crippen MR) is 93.0 cm³/mol. The summed E-state index contributed by atoms with van der Waals surface area (Å²) < 4.78 is 41.2. The summed E-state index contributed by atoms with van der Waals surface area (Å²) in [5.74, 6) is -0.821. The van der Waals surface area contributed by atoms with Crippen molar-refractivity contribution >= 4 is 26.0 Å². The van der Waals surface area contributed by atoms with Crippen molar-refractivity contribution in [3.8, 4) is 6.07 Å². The second-order valence-electron chi connectivity index (χ2n) is 4.97. The van der Waals surface area contributed by atoms with Crippen LogP contribution in [-0.4, -0.2) is 19.3 Å². The highest BCUT2D eigenvalue weighted by atomic mass is 79.9. The maximum atomic E-state index is 14.0. The molecule has 0 aromatic heterocycles. The lowest BCUT2D eigenvalue weighted by Gasteiger charge is -2.21. The van der Waals surface area contributed by atoms with Gasteiger partial charge in [-0.05, 0) is 35.9 Å². The average Bonchev–Trinajstić information content (AvgIpc) is 2.56. The number of hydrogen-bond donors (Lipinski definition) is 0. The SMILES string of the molecule is C=CCN(Cc1cccc(C#N)c1)S(=O)(=O)c1cc(Br)ccc1F. The molecule has 0 saturated carbocycles. The lowest BCUT2D eigenvalue weighted by molar-refractivity contribution is 0.433. The Bertz CT molecular complexity index is 907. The maximum Gasteiger partial charge on any atom is 0.246 e. The summed E-state index contributed by atoms with van der Waals surface area (Å²) in [6.07, 6.45) is 1.43. The molecule has 4 nitrogen and oxygen atoms in total. The summed E-state index contributed by atoms with van der Waals surface area (Å²) in [6, 6.07) is 12.4. The lowest BCUT2D eigenvalue weighted by Crippen LogP contribution is -2.31. The number of hydrogen-bond acceptors (Lipinski definition) is 3. The molecule has 0 N–H and O–H groups in total. The van der Waals surface area contributed by atoms with Gasteiger partial charge < -0.3 is 0 Å². The second-order valence-corrected chi connectivity index (χ2v) is 7.80. The second kappa shape index (κ2) is 7.71. The van der Waals surface area contributed by atoms with E-state index in [-0.39, 0.29) is 13.1 Å². The predicted octanol–water partition coefficient (Wildman–Crippen LogP) is 3.84. The Morgan fingerprint density at radius 1 is 1.29 bits per heavy atom. The van der Waals surface area contributed by atoms with E-state index in [1.54, 1.807) is 24.3 Å². The molecule has 0 fully saturated rings. The molecule has 0 atom stereocenters. The Labute approximate surface area is 149 Å². The van der Waals surface area contributed by atoms with Crippen LogP contribution in [0.4, 0.5) is 4.39 Å². The standard InChI is InChI=1S/C17H14BrFN2O2S/c1-2-8-21(12-14-5-3-4-13(9-14)11-20)24(22,23)17-10-15(18)6-7-16(17)19/h2-7,9-10H,1,8,12H2. The van der Waals surface area contributed by atoms with Crippen LogP contribution in [0.3, 0.4) is 0 Å². The van der Waals surface area contributed by atoms with Crippen LogP contribution in [0, 0.1) is 17.1 Å². The van der Waals surface area contributed by atoms with Gasteiger partial charge >= 0.3 is 0 Å². The first kappa shape index (κ1) is 18.3. The van der Waals surface area contributed by atoms with E-state index in [0.717, 1.165) is 10.4 Å². The number of halogens is 2. The van der Waals surface area contributed by atoms with E-state index >= 15 is 0 Å². The average molecular weight is 409 g/mol. The van der Waals surface area contributed by atoms with Crippen LogP contribution in [0.15, 0.2) is 64.5 Å². The lowest BCUT2D eigenvalue weighted by atomic mass is 10.1. The smallest absolute Gasteiger partial charge is 0.207 e. The molecule has 0 radical (unpaired) electrons. The Hall–Kier alpha value is -2.01. The summed E-state index contributed by atoms with van der Waals surface area (Å²) in [5.41, 5.74) is 1.06. The van der Waals surface area contributed by atoms with Gasteiger partial charge in [0.05, 0.1) is 11.6 Å². The normalized spacial score (nSPS) is 11.2. The molecule has 0 saturated heterocycles. The van der Waals surface area contributed by atoms with Crippen molar-refractivity contribution in [2.75, 3.05) is 6.54 Å². The van der Waals surface area contributed by atoms with Gasteiger partial charge in [-0.2, -0.15) is 9.57 Å². The third-order valence-electron chi connectivity index (χ3n) is 3.26. The number of nitriles is 1. The summed E-state index contributed by atoms with van der Waals surface area (Å²) in [6.45, 7) is 3.59. The largest absolute Gasteiger partial charge is 0.246 e. The zero-order chi connectivity index (χ0) is 17.7. The highest BCUT2D eigenvalue weighted by Crippen LogP contribution is 2.24. The Kier molecular flexibility index (Phi) is 5.89. The molecule has 124 valence electrons. The molecule has 7 heteroatoms. The monoisotopic (exact) mass is 408 g/mol. The van der Waals surface area contributed by atoms with Crippen LogP contribution in [-0.2, 0) is 16.6 Å². The third-order valence-corrected chi connectivity index (χ3v) is 5.58. The molecular formula is C17H14BrFN2O2S. The van der Waals surface area contributed by atoms with Crippen molar-refractivity contribution in [1.82, 2.24) is 4.31 Å². The van der Waals surface area contributed by atoms with Gasteiger partial charge in [-0.15, -0.1) is 6.58 Å². The summed E-state index contributed by atoms with van der Waals surface area (Å²) in [7, 11) is -4.06. The van der Waals surface area contributed by atoms with Gasteiger partial charge in [0.15, 0.2) is 0 Å². The van der Waals surface area contributed by atoms with Crippen LogP contribution < -0.4 is 0 Å². The Morgan fingerprint density at radius 3 is 2.71 bits per heavy atom. The number of rotatable bonds is 6. The van der Waals surface area contributed by atoms with Gasteiger partial charge in [0.2, 0.25) is 10.0 Å². The summed E-state index contributed by atoms with van der Waals surface area (Å²) in [4.78, 5) is -0.407. The van der Waals surface area contributed by atoms with Crippen molar-refractivity contribution in [2.24, 2.45) is 0 Å². The molecule has 0 unspecified atom stereocenters. The highest BCUT2D eigenvalue weighted by molar-refractivity contribution is 9.10. The van der Waals surface area contributed by atoms with E-state index in [1.165, 1.54) is 18.2 Å². The molecule has 0 aliphatic rings. The Morgan fingerprint density at radius 2 is 2.04 bits per heavy atom. The molecule has 0 spiro atoms. The van der Waals surface area contributed by atoms with E-state index < -0.39 is 20.7 Å². The molecule has 2 aromatic rings. The molecule has 0 aliphatic carbocycles. The molecule has 2 rings (SSSR count). The topological polar surface area (TPSA) is 61.2 Å². The zero-order valence-electron chi connectivity index (χ0n) is 12.6. The van der Waals surface area contributed by atoms with Crippen LogP contribution in [0.2, 0.25) is 0 Å². The minimum Gasteiger partial charge on any atom is -0.207 e. The molecular weight excluding hydrogens is 395 g/mol. The number of nitrogens with zero attached hydrogens (tertiary/aromatic N) is 2. The quantitative estimate of drug-likeness (QED) is 0.682. The van der Waals surface area contributed by atoms with Crippen molar-refractivity contribution in [1.29, 1.82) is 5.26 Å². The van der Waals surface area contributed by atoms with E-state index in [1.807, 2.05) is 6.07 Å². The summed E-state index contributed by atoms with van der Waals surface area (Å²) >= 11 is 3.16. The third kappa shape index (κ3) is 4.09. The maximum absolute atomic E-state index is 14.0. The molecule has 2 aromatic carbocycles. The first-order valence-corrected chi connectivity index (χ1v) is 9.17. The van der Waals surface area contributed by atoms with E-state index in [0.29, 0.717) is 15.6 Å². The number of sulfonamides is 1. The molecule has 0 amide bonds. The first-order valence-electron chi connectivity index (χ1n) is 6.93. The van der Waals surface area contributed by atoms with Crippen LogP contribution in [0.5, 0.6) is 0 Å². The van der Waals surface area contributed by atoms with Gasteiger partial charge in [-0.1, -0.05) is 34.1 Å². The summed E-state index contributed by atoms with van der Waals surface area (Å²) in [5, 5.41) is 8.95. The van der Waals surface area contributed by atoms with Gasteiger partial charge in [0.1, 0.15) is 10.7 Å². The molecule has 24 heavy (non-hydrogen) atoms. The van der Waals surface area contributed by atoms with Crippen molar-refractivity contribution in [3.05, 3.63) is 76.5 Å². The van der Waals surface area contributed by atoms with Crippen molar-refractivity contribution in [2.45, 2.75) is 11.4 Å².